The maximum absolute atomic E-state index is 13.4. The fourth-order valence-electron chi connectivity index (χ4n) is 3.24. The largest absolute Gasteiger partial charge is 0.463 e. The molecule has 1 N–H and O–H groups in total. The third-order valence-corrected chi connectivity index (χ3v) is 4.51. The fourth-order valence-corrected chi connectivity index (χ4v) is 3.24. The minimum absolute atomic E-state index is 0.0294. The number of urea groups is 1. The maximum atomic E-state index is 13.4. The zero-order valence-electron chi connectivity index (χ0n) is 14.4. The SMILES string of the molecule is CCOC(=O)C1=C(C)N(C2CC2)C(=O)NC1c1ccccc1C(F)(F)F. The van der Waals surface area contributed by atoms with Crippen LogP contribution in [0.2, 0.25) is 0 Å². The summed E-state index contributed by atoms with van der Waals surface area (Å²) in [6.45, 7) is 3.28. The van der Waals surface area contributed by atoms with Crippen molar-refractivity contribution in [2.75, 3.05) is 6.61 Å². The number of hydrogen-bond donors (Lipinski definition) is 1. The Morgan fingerprint density at radius 2 is 1.96 bits per heavy atom. The number of esters is 1. The van der Waals surface area contributed by atoms with Gasteiger partial charge >= 0.3 is 18.2 Å². The molecule has 2 amide bonds. The van der Waals surface area contributed by atoms with Crippen LogP contribution in [0.1, 0.15) is 43.9 Å². The van der Waals surface area contributed by atoms with Crippen molar-refractivity contribution in [3.05, 3.63) is 46.7 Å². The standard InChI is InChI=1S/C18H19F3N2O3/c1-3-26-16(24)14-10(2)23(11-8-9-11)17(25)22-15(14)12-6-4-5-7-13(12)18(19,20)21/h4-7,11,15H,3,8-9H2,1-2H3,(H,22,25). The highest BCUT2D eigenvalue weighted by Crippen LogP contribution is 2.41. The Kier molecular flexibility index (Phi) is 4.68. The molecule has 1 fully saturated rings. The van der Waals surface area contributed by atoms with Crippen LogP contribution in [0.3, 0.4) is 0 Å². The molecule has 0 spiro atoms. The number of alkyl halides is 3. The van der Waals surface area contributed by atoms with Gasteiger partial charge in [0.05, 0.1) is 23.8 Å². The quantitative estimate of drug-likeness (QED) is 0.823. The normalized spacial score (nSPS) is 20.9. The number of halogens is 3. The van der Waals surface area contributed by atoms with Gasteiger partial charge in [-0.15, -0.1) is 0 Å². The smallest absolute Gasteiger partial charge is 0.416 e. The van der Waals surface area contributed by atoms with E-state index in [9.17, 15) is 22.8 Å². The van der Waals surface area contributed by atoms with E-state index in [0.717, 1.165) is 18.9 Å². The van der Waals surface area contributed by atoms with Gasteiger partial charge in [0, 0.05) is 11.7 Å². The van der Waals surface area contributed by atoms with Gasteiger partial charge in [-0.1, -0.05) is 18.2 Å². The van der Waals surface area contributed by atoms with E-state index >= 15 is 0 Å². The number of ether oxygens (including phenoxy) is 1. The molecule has 140 valence electrons. The highest BCUT2D eigenvalue weighted by atomic mass is 19.4. The van der Waals surface area contributed by atoms with Crippen LogP contribution in [0.25, 0.3) is 0 Å². The summed E-state index contributed by atoms with van der Waals surface area (Å²) in [4.78, 5) is 26.5. The van der Waals surface area contributed by atoms with E-state index in [2.05, 4.69) is 5.32 Å². The molecule has 0 bridgehead atoms. The van der Waals surface area contributed by atoms with Gasteiger partial charge in [-0.25, -0.2) is 9.59 Å². The molecule has 1 saturated carbocycles. The molecule has 5 nitrogen and oxygen atoms in total. The van der Waals surface area contributed by atoms with Crippen molar-refractivity contribution in [3.63, 3.8) is 0 Å². The van der Waals surface area contributed by atoms with Crippen molar-refractivity contribution in [2.24, 2.45) is 0 Å². The zero-order chi connectivity index (χ0) is 19.1. The van der Waals surface area contributed by atoms with Crippen LogP contribution in [0.5, 0.6) is 0 Å². The third kappa shape index (κ3) is 3.27. The van der Waals surface area contributed by atoms with Gasteiger partial charge in [0.1, 0.15) is 0 Å². The lowest BCUT2D eigenvalue weighted by molar-refractivity contribution is -0.141. The van der Waals surface area contributed by atoms with Crippen molar-refractivity contribution in [2.45, 2.75) is 44.9 Å². The first-order chi connectivity index (χ1) is 12.3. The van der Waals surface area contributed by atoms with Crippen LogP contribution in [0, 0.1) is 0 Å². The van der Waals surface area contributed by atoms with Gasteiger partial charge < -0.3 is 10.1 Å². The molecular weight excluding hydrogens is 349 g/mol. The summed E-state index contributed by atoms with van der Waals surface area (Å²) in [6.07, 6.45) is -3.02. The number of rotatable bonds is 4. The Morgan fingerprint density at radius 3 is 2.54 bits per heavy atom. The molecule has 0 saturated heterocycles. The van der Waals surface area contributed by atoms with Gasteiger partial charge in [-0.3, -0.25) is 4.90 Å². The number of carbonyl (C=O) groups is 2. The molecule has 26 heavy (non-hydrogen) atoms. The van der Waals surface area contributed by atoms with Crippen LogP contribution in [-0.2, 0) is 15.7 Å². The van der Waals surface area contributed by atoms with Crippen molar-refractivity contribution in [3.8, 4) is 0 Å². The molecule has 1 aromatic rings. The van der Waals surface area contributed by atoms with E-state index < -0.39 is 29.8 Å². The van der Waals surface area contributed by atoms with E-state index in [1.807, 2.05) is 0 Å². The van der Waals surface area contributed by atoms with E-state index in [0.29, 0.717) is 5.70 Å². The van der Waals surface area contributed by atoms with Gasteiger partial charge in [-0.05, 0) is 38.3 Å². The second-order valence-electron chi connectivity index (χ2n) is 6.29. The molecule has 0 aromatic heterocycles. The molecule has 1 aromatic carbocycles. The highest BCUT2D eigenvalue weighted by molar-refractivity contribution is 5.95. The van der Waals surface area contributed by atoms with Crippen LogP contribution in [0.15, 0.2) is 35.5 Å². The summed E-state index contributed by atoms with van der Waals surface area (Å²) < 4.78 is 45.4. The number of hydrogen-bond acceptors (Lipinski definition) is 3. The predicted octanol–water partition coefficient (Wildman–Crippen LogP) is 3.77. The molecule has 8 heteroatoms. The summed E-state index contributed by atoms with van der Waals surface area (Å²) in [5, 5.41) is 2.56. The summed E-state index contributed by atoms with van der Waals surface area (Å²) >= 11 is 0. The average Bonchev–Trinajstić information content (AvgIpc) is 3.38. The lowest BCUT2D eigenvalue weighted by Crippen LogP contribution is -2.49. The number of nitrogens with one attached hydrogen (secondary N) is 1. The molecule has 2 aliphatic rings. The van der Waals surface area contributed by atoms with Gasteiger partial charge in [-0.2, -0.15) is 13.2 Å². The van der Waals surface area contributed by atoms with Crippen molar-refractivity contribution < 1.29 is 27.5 Å². The first-order valence-corrected chi connectivity index (χ1v) is 8.39. The van der Waals surface area contributed by atoms with Crippen LogP contribution in [0.4, 0.5) is 18.0 Å². The minimum Gasteiger partial charge on any atom is -0.463 e. The van der Waals surface area contributed by atoms with E-state index in [-0.39, 0.29) is 23.8 Å². The molecule has 3 rings (SSSR count). The first kappa shape index (κ1) is 18.3. The number of nitrogens with zero attached hydrogens (tertiary/aromatic N) is 1. The molecule has 1 aliphatic carbocycles. The molecule has 0 radical (unpaired) electrons. The highest BCUT2D eigenvalue weighted by Gasteiger charge is 2.45. The topological polar surface area (TPSA) is 58.6 Å². The lowest BCUT2D eigenvalue weighted by Gasteiger charge is -2.36. The number of carbonyl (C=O) groups excluding carboxylic acids is 2. The fraction of sp³-hybridized carbons (Fsp3) is 0.444. The molecule has 1 heterocycles. The molecular formula is C18H19F3N2O3. The van der Waals surface area contributed by atoms with Gasteiger partial charge in [0.25, 0.3) is 0 Å². The van der Waals surface area contributed by atoms with E-state index in [1.54, 1.807) is 13.8 Å². The number of benzene rings is 1. The Labute approximate surface area is 148 Å². The summed E-state index contributed by atoms with van der Waals surface area (Å²) in [5.41, 5.74) is -0.683. The summed E-state index contributed by atoms with van der Waals surface area (Å²) in [5.74, 6) is -0.724. The van der Waals surface area contributed by atoms with Crippen molar-refractivity contribution in [1.82, 2.24) is 10.2 Å². The Hall–Kier alpha value is -2.51. The number of allylic oxidation sites excluding steroid dienone is 1. The molecule has 1 aliphatic heterocycles. The van der Waals surface area contributed by atoms with Crippen LogP contribution >= 0.6 is 0 Å². The predicted molar refractivity (Wildman–Crippen MR) is 86.9 cm³/mol. The van der Waals surface area contributed by atoms with Crippen LogP contribution < -0.4 is 5.32 Å². The minimum atomic E-state index is -4.61. The third-order valence-electron chi connectivity index (χ3n) is 4.51. The second kappa shape index (κ2) is 6.66. The maximum Gasteiger partial charge on any atom is 0.416 e. The van der Waals surface area contributed by atoms with Crippen molar-refractivity contribution >= 4 is 12.0 Å². The Balaban J connectivity index is 2.14. The summed E-state index contributed by atoms with van der Waals surface area (Å²) in [7, 11) is 0. The monoisotopic (exact) mass is 368 g/mol. The van der Waals surface area contributed by atoms with Crippen LogP contribution in [-0.4, -0.2) is 29.5 Å². The van der Waals surface area contributed by atoms with Gasteiger partial charge in [0.15, 0.2) is 0 Å². The van der Waals surface area contributed by atoms with Crippen molar-refractivity contribution in [1.29, 1.82) is 0 Å². The Bertz CT molecular complexity index is 769. The zero-order valence-corrected chi connectivity index (χ0v) is 14.4. The molecule has 1 atom stereocenters. The number of amides is 2. The van der Waals surface area contributed by atoms with E-state index in [1.165, 1.54) is 23.1 Å². The van der Waals surface area contributed by atoms with Gasteiger partial charge in [0.2, 0.25) is 0 Å². The summed E-state index contributed by atoms with van der Waals surface area (Å²) in [6, 6.07) is 3.18. The second-order valence-corrected chi connectivity index (χ2v) is 6.29. The lowest BCUT2D eigenvalue weighted by atomic mass is 9.91. The molecule has 1 unspecified atom stereocenters. The first-order valence-electron chi connectivity index (χ1n) is 8.39. The average molecular weight is 368 g/mol. The van der Waals surface area contributed by atoms with E-state index in [4.69, 9.17) is 4.74 Å². The Morgan fingerprint density at radius 1 is 1.31 bits per heavy atom.